The molecule has 0 aliphatic heterocycles. The maximum Gasteiger partial charge on any atom is 0.426 e. The molecule has 1 radical (unpaired) electrons. The normalized spacial score (nSPS) is 14.7. The molecule has 1 aromatic rings. The number of hydrogen-bond donors (Lipinski definition) is 0. The zero-order chi connectivity index (χ0) is 19.7. The van der Waals surface area contributed by atoms with Crippen molar-refractivity contribution < 1.29 is 53.0 Å². The lowest BCUT2D eigenvalue weighted by atomic mass is 9.98. The van der Waals surface area contributed by atoms with Crippen molar-refractivity contribution in [1.29, 1.82) is 0 Å². The molecule has 0 N–H and O–H groups in total. The Balaban J connectivity index is 3.14. The first-order chi connectivity index (χ1) is 11.1. The predicted octanol–water partition coefficient (Wildman–Crippen LogP) is 5.32. The molecular weight excluding hydrogens is 381 g/mol. The first-order valence-electron chi connectivity index (χ1n) is 6.15. The second-order valence-corrected chi connectivity index (χ2v) is 4.72. The van der Waals surface area contributed by atoms with Gasteiger partial charge in [0, 0.05) is 0 Å². The smallest absolute Gasteiger partial charge is 0.304 e. The second-order valence-electron chi connectivity index (χ2n) is 4.72. The van der Waals surface area contributed by atoms with Crippen LogP contribution in [0.3, 0.4) is 0 Å². The molecule has 0 spiro atoms. The molecule has 1 rings (SSSR count). The molecule has 0 atom stereocenters. The van der Waals surface area contributed by atoms with Gasteiger partial charge in [0.1, 0.15) is 6.61 Å². The summed E-state index contributed by atoms with van der Waals surface area (Å²) in [5, 5.41) is 0. The second kappa shape index (κ2) is 6.61. The Hall–Kier alpha value is -1.59. The van der Waals surface area contributed by atoms with Crippen molar-refractivity contribution in [3.05, 3.63) is 42.5 Å². The third-order valence-corrected chi connectivity index (χ3v) is 2.92. The Morgan fingerprint density at radius 3 is 1.64 bits per heavy atom. The maximum atomic E-state index is 13.3. The molecule has 0 aliphatic carbocycles. The highest BCUT2D eigenvalue weighted by molar-refractivity contribution is 5.20. The minimum atomic E-state index is -7.34. The molecule has 143 valence electrons. The number of ether oxygens (including phenoxy) is 1. The summed E-state index contributed by atoms with van der Waals surface area (Å²) >= 11 is 0. The molecule has 0 saturated carbocycles. The summed E-state index contributed by atoms with van der Waals surface area (Å²) in [5.41, 5.74) is -0.345. The molecule has 0 saturated heterocycles. The SMILES string of the molecule is FCC(F)(F)C(F)(F)C(F)(F)C(F)(F)C(F)(F)O[CH]c1ccccc1. The van der Waals surface area contributed by atoms with Crippen LogP contribution in [-0.2, 0) is 4.74 Å². The number of hydrogen-bond acceptors (Lipinski definition) is 1. The lowest BCUT2D eigenvalue weighted by Gasteiger charge is -2.38. The standard InChI is InChI=1S/C13H8F11O/c14-7-9(15,16)10(17,18)11(19,20)12(21,22)13(23,24)25-6-8-4-2-1-3-5-8/h1-6H,7H2. The van der Waals surface area contributed by atoms with Crippen molar-refractivity contribution in [1.82, 2.24) is 0 Å². The summed E-state index contributed by atoms with van der Waals surface area (Å²) in [4.78, 5) is 0. The van der Waals surface area contributed by atoms with Gasteiger partial charge in [0.25, 0.3) is 0 Å². The number of alkyl halides is 11. The summed E-state index contributed by atoms with van der Waals surface area (Å²) in [7, 11) is 0. The molecule has 25 heavy (non-hydrogen) atoms. The zero-order valence-electron chi connectivity index (χ0n) is 11.7. The molecule has 0 heterocycles. The molecule has 0 fully saturated rings. The molecule has 0 bridgehead atoms. The van der Waals surface area contributed by atoms with E-state index >= 15 is 0 Å². The van der Waals surface area contributed by atoms with Crippen LogP contribution in [0.5, 0.6) is 0 Å². The zero-order valence-corrected chi connectivity index (χ0v) is 11.7. The van der Waals surface area contributed by atoms with Gasteiger partial charge in [-0.15, -0.1) is 0 Å². The fourth-order valence-electron chi connectivity index (χ4n) is 1.44. The lowest BCUT2D eigenvalue weighted by molar-refractivity contribution is -0.440. The first kappa shape index (κ1) is 21.5. The fraction of sp³-hybridized carbons (Fsp3) is 0.462. The van der Waals surface area contributed by atoms with Crippen LogP contribution >= 0.6 is 0 Å². The molecule has 0 aromatic heterocycles. The molecular formula is C13H8F11O. The van der Waals surface area contributed by atoms with Gasteiger partial charge in [-0.3, -0.25) is 0 Å². The van der Waals surface area contributed by atoms with Gasteiger partial charge in [-0.1, -0.05) is 30.3 Å². The lowest BCUT2D eigenvalue weighted by Crippen LogP contribution is -2.68. The van der Waals surface area contributed by atoms with Crippen LogP contribution in [0.1, 0.15) is 5.56 Å². The van der Waals surface area contributed by atoms with E-state index in [0.29, 0.717) is 0 Å². The van der Waals surface area contributed by atoms with Crippen LogP contribution in [0.15, 0.2) is 30.3 Å². The fourth-order valence-corrected chi connectivity index (χ4v) is 1.44. The average Bonchev–Trinajstić information content (AvgIpc) is 2.53. The molecule has 1 nitrogen and oxygen atoms in total. The minimum absolute atomic E-state index is 0.157. The summed E-state index contributed by atoms with van der Waals surface area (Å²) < 4.78 is 145. The molecule has 0 unspecified atom stereocenters. The van der Waals surface area contributed by atoms with E-state index in [9.17, 15) is 48.3 Å². The minimum Gasteiger partial charge on any atom is -0.304 e. The summed E-state index contributed by atoms with van der Waals surface area (Å²) in [6.07, 6.45) is -6.32. The Bertz CT molecular complexity index is 571. The van der Waals surface area contributed by atoms with E-state index in [-0.39, 0.29) is 12.2 Å². The van der Waals surface area contributed by atoms with Crippen LogP contribution in [-0.4, -0.2) is 36.5 Å². The van der Waals surface area contributed by atoms with Gasteiger partial charge >= 0.3 is 29.8 Å². The topological polar surface area (TPSA) is 9.23 Å². The van der Waals surface area contributed by atoms with Gasteiger partial charge in [-0.25, -0.2) is 4.39 Å². The summed E-state index contributed by atoms with van der Waals surface area (Å²) in [6.45, 7) is -3.64. The largest absolute Gasteiger partial charge is 0.426 e. The van der Waals surface area contributed by atoms with Gasteiger partial charge in [0.2, 0.25) is 0 Å². The van der Waals surface area contributed by atoms with Crippen LogP contribution < -0.4 is 0 Å². The highest BCUT2D eigenvalue weighted by atomic mass is 19.4. The van der Waals surface area contributed by atoms with E-state index in [2.05, 4.69) is 4.74 Å². The van der Waals surface area contributed by atoms with Gasteiger partial charge in [0.05, 0.1) is 0 Å². The Morgan fingerprint density at radius 1 is 0.720 bits per heavy atom. The molecule has 0 amide bonds. The van der Waals surface area contributed by atoms with Crippen molar-refractivity contribution in [2.75, 3.05) is 6.67 Å². The third-order valence-electron chi connectivity index (χ3n) is 2.92. The van der Waals surface area contributed by atoms with Gasteiger partial charge < -0.3 is 4.74 Å². The third kappa shape index (κ3) is 3.53. The van der Waals surface area contributed by atoms with Crippen LogP contribution in [0.25, 0.3) is 0 Å². The van der Waals surface area contributed by atoms with E-state index in [4.69, 9.17) is 0 Å². The van der Waals surface area contributed by atoms with Crippen molar-refractivity contribution in [2.45, 2.75) is 29.8 Å². The van der Waals surface area contributed by atoms with E-state index in [0.717, 1.165) is 12.1 Å². The average molecular weight is 389 g/mol. The van der Waals surface area contributed by atoms with Crippen molar-refractivity contribution in [3.63, 3.8) is 0 Å². The molecule has 1 aromatic carbocycles. The van der Waals surface area contributed by atoms with E-state index in [1.807, 2.05) is 0 Å². The number of halogens is 11. The molecule has 0 aliphatic rings. The first-order valence-corrected chi connectivity index (χ1v) is 6.15. The van der Waals surface area contributed by atoms with E-state index < -0.39 is 36.5 Å². The van der Waals surface area contributed by atoms with Gasteiger partial charge in [-0.05, 0) is 5.56 Å². The number of rotatable bonds is 8. The van der Waals surface area contributed by atoms with Crippen molar-refractivity contribution >= 4 is 0 Å². The van der Waals surface area contributed by atoms with Crippen molar-refractivity contribution in [3.8, 4) is 0 Å². The van der Waals surface area contributed by atoms with Gasteiger partial charge in [-0.2, -0.15) is 43.9 Å². The van der Waals surface area contributed by atoms with Crippen LogP contribution in [0, 0.1) is 6.61 Å². The maximum absolute atomic E-state index is 13.3. The predicted molar refractivity (Wildman–Crippen MR) is 61.6 cm³/mol. The van der Waals surface area contributed by atoms with Crippen molar-refractivity contribution in [2.24, 2.45) is 0 Å². The van der Waals surface area contributed by atoms with Gasteiger partial charge in [0.15, 0.2) is 6.67 Å². The van der Waals surface area contributed by atoms with Crippen LogP contribution in [0.2, 0.25) is 0 Å². The molecule has 12 heteroatoms. The quantitative estimate of drug-likeness (QED) is 0.547. The summed E-state index contributed by atoms with van der Waals surface area (Å²) in [6, 6.07) is 5.76. The Labute approximate surface area is 133 Å². The summed E-state index contributed by atoms with van der Waals surface area (Å²) in [5.74, 6) is -27.9. The highest BCUT2D eigenvalue weighted by Gasteiger charge is 2.87. The van der Waals surface area contributed by atoms with E-state index in [1.54, 1.807) is 0 Å². The Morgan fingerprint density at radius 2 is 1.20 bits per heavy atom. The monoisotopic (exact) mass is 389 g/mol. The Kier molecular flexibility index (Phi) is 5.68. The van der Waals surface area contributed by atoms with Crippen LogP contribution in [0.4, 0.5) is 48.3 Å². The number of benzene rings is 1. The highest BCUT2D eigenvalue weighted by Crippen LogP contribution is 2.57. The van der Waals surface area contributed by atoms with E-state index in [1.165, 1.54) is 18.2 Å².